The molecule has 0 spiro atoms. The lowest BCUT2D eigenvalue weighted by Crippen LogP contribution is -2.39. The van der Waals surface area contributed by atoms with Crippen LogP contribution in [-0.2, 0) is 16.3 Å². The first-order chi connectivity index (χ1) is 13.2. The van der Waals surface area contributed by atoms with Gasteiger partial charge in [0, 0.05) is 37.3 Å². The third-order valence-corrected chi connectivity index (χ3v) is 6.38. The van der Waals surface area contributed by atoms with Crippen molar-refractivity contribution < 1.29 is 13.5 Å². The SMILES string of the molecule is C=C(C)c1cnc(N2CCC(C(O)Cc3cccc(S(C)(=O)=O)c3)CC2)nc1. The summed E-state index contributed by atoms with van der Waals surface area (Å²) in [5.41, 5.74) is 2.72. The molecule has 0 amide bonds. The quantitative estimate of drug-likeness (QED) is 0.801. The topological polar surface area (TPSA) is 83.4 Å². The highest BCUT2D eigenvalue weighted by molar-refractivity contribution is 7.90. The zero-order valence-corrected chi connectivity index (χ0v) is 17.2. The van der Waals surface area contributed by atoms with Gasteiger partial charge in [-0.05, 0) is 55.4 Å². The Morgan fingerprint density at radius 2 is 1.93 bits per heavy atom. The van der Waals surface area contributed by atoms with Crippen molar-refractivity contribution in [3.8, 4) is 0 Å². The number of piperidine rings is 1. The highest BCUT2D eigenvalue weighted by Crippen LogP contribution is 2.26. The first-order valence-corrected chi connectivity index (χ1v) is 11.3. The molecule has 3 rings (SSSR count). The minimum absolute atomic E-state index is 0.174. The van der Waals surface area contributed by atoms with Crippen LogP contribution in [0.3, 0.4) is 0 Å². The van der Waals surface area contributed by atoms with E-state index in [1.165, 1.54) is 6.26 Å². The average molecular weight is 402 g/mol. The van der Waals surface area contributed by atoms with E-state index in [1.54, 1.807) is 30.6 Å². The molecular formula is C21H27N3O3S. The molecule has 1 aliphatic rings. The van der Waals surface area contributed by atoms with Crippen molar-refractivity contribution in [1.29, 1.82) is 0 Å². The van der Waals surface area contributed by atoms with E-state index in [1.807, 2.05) is 13.0 Å². The Hall–Kier alpha value is -2.25. The third kappa shape index (κ3) is 4.97. The fourth-order valence-corrected chi connectivity index (χ4v) is 4.19. The molecule has 1 atom stereocenters. The molecule has 0 aliphatic carbocycles. The molecular weight excluding hydrogens is 374 g/mol. The highest BCUT2D eigenvalue weighted by Gasteiger charge is 2.26. The summed E-state index contributed by atoms with van der Waals surface area (Å²) in [4.78, 5) is 11.3. The Bertz CT molecular complexity index is 934. The molecule has 1 aromatic carbocycles. The van der Waals surface area contributed by atoms with E-state index in [0.29, 0.717) is 17.3 Å². The molecule has 1 fully saturated rings. The van der Waals surface area contributed by atoms with Gasteiger partial charge in [0.2, 0.25) is 5.95 Å². The summed E-state index contributed by atoms with van der Waals surface area (Å²) in [6.07, 6.45) is 6.43. The predicted molar refractivity (Wildman–Crippen MR) is 111 cm³/mol. The fourth-order valence-electron chi connectivity index (χ4n) is 3.50. The number of aliphatic hydroxyl groups is 1. The van der Waals surface area contributed by atoms with Crippen molar-refractivity contribution in [2.45, 2.75) is 37.2 Å². The van der Waals surface area contributed by atoms with E-state index < -0.39 is 15.9 Å². The number of anilines is 1. The van der Waals surface area contributed by atoms with E-state index in [0.717, 1.165) is 42.6 Å². The number of allylic oxidation sites excluding steroid dienone is 1. The van der Waals surface area contributed by atoms with E-state index in [4.69, 9.17) is 0 Å². The van der Waals surface area contributed by atoms with Crippen LogP contribution in [0.2, 0.25) is 0 Å². The predicted octanol–water partition coefficient (Wildman–Crippen LogP) is 2.73. The second kappa shape index (κ2) is 8.41. The Labute approximate surface area is 166 Å². The molecule has 1 aliphatic heterocycles. The van der Waals surface area contributed by atoms with Crippen LogP contribution < -0.4 is 4.90 Å². The van der Waals surface area contributed by atoms with E-state index >= 15 is 0 Å². The number of rotatable bonds is 6. The lowest BCUT2D eigenvalue weighted by molar-refractivity contribution is 0.0927. The number of sulfone groups is 1. The first-order valence-electron chi connectivity index (χ1n) is 9.44. The molecule has 2 aromatic rings. The maximum absolute atomic E-state index is 11.7. The normalized spacial score (nSPS) is 16.8. The lowest BCUT2D eigenvalue weighted by atomic mass is 9.88. The van der Waals surface area contributed by atoms with Gasteiger partial charge in [0.05, 0.1) is 11.0 Å². The second-order valence-corrected chi connectivity index (χ2v) is 9.58. The number of aliphatic hydroxyl groups excluding tert-OH is 1. The van der Waals surface area contributed by atoms with Crippen LogP contribution in [0.5, 0.6) is 0 Å². The molecule has 7 heteroatoms. The molecule has 0 saturated carbocycles. The average Bonchev–Trinajstić information content (AvgIpc) is 2.68. The van der Waals surface area contributed by atoms with Crippen molar-refractivity contribution in [2.75, 3.05) is 24.2 Å². The number of nitrogens with zero attached hydrogens (tertiary/aromatic N) is 3. The highest BCUT2D eigenvalue weighted by atomic mass is 32.2. The summed E-state index contributed by atoms with van der Waals surface area (Å²) >= 11 is 0. The second-order valence-electron chi connectivity index (χ2n) is 7.57. The van der Waals surface area contributed by atoms with Crippen LogP contribution in [0.25, 0.3) is 5.57 Å². The number of benzene rings is 1. The minimum atomic E-state index is -3.24. The number of hydrogen-bond donors (Lipinski definition) is 1. The molecule has 0 bridgehead atoms. The maximum atomic E-state index is 11.7. The molecule has 1 N–H and O–H groups in total. The Morgan fingerprint density at radius 1 is 1.29 bits per heavy atom. The van der Waals surface area contributed by atoms with Gasteiger partial charge in [-0.15, -0.1) is 0 Å². The van der Waals surface area contributed by atoms with Crippen molar-refractivity contribution >= 4 is 21.4 Å². The van der Waals surface area contributed by atoms with E-state index in [-0.39, 0.29) is 5.92 Å². The monoisotopic (exact) mass is 401 g/mol. The van der Waals surface area contributed by atoms with E-state index in [2.05, 4.69) is 21.4 Å². The molecule has 1 aromatic heterocycles. The van der Waals surface area contributed by atoms with Crippen molar-refractivity contribution in [3.05, 3.63) is 54.4 Å². The van der Waals surface area contributed by atoms with Gasteiger partial charge in [-0.1, -0.05) is 18.7 Å². The molecule has 0 radical (unpaired) electrons. The van der Waals surface area contributed by atoms with Gasteiger partial charge in [-0.25, -0.2) is 18.4 Å². The van der Waals surface area contributed by atoms with Gasteiger partial charge in [-0.3, -0.25) is 0 Å². The summed E-state index contributed by atoms with van der Waals surface area (Å²) < 4.78 is 23.4. The van der Waals surface area contributed by atoms with Gasteiger partial charge < -0.3 is 10.0 Å². The molecule has 28 heavy (non-hydrogen) atoms. The zero-order chi connectivity index (χ0) is 20.3. The van der Waals surface area contributed by atoms with Crippen LogP contribution in [-0.4, -0.2) is 48.9 Å². The van der Waals surface area contributed by atoms with Crippen LogP contribution in [0, 0.1) is 5.92 Å². The maximum Gasteiger partial charge on any atom is 0.225 e. The van der Waals surface area contributed by atoms with Gasteiger partial charge >= 0.3 is 0 Å². The van der Waals surface area contributed by atoms with Crippen LogP contribution in [0.4, 0.5) is 5.95 Å². The van der Waals surface area contributed by atoms with Crippen LogP contribution in [0.15, 0.2) is 48.1 Å². The standard InChI is InChI=1S/C21H27N3O3S/c1-15(2)18-13-22-21(23-14-18)24-9-7-17(8-10-24)20(25)12-16-5-4-6-19(11-16)28(3,26)27/h4-6,11,13-14,17,20,25H,1,7-10,12H2,2-3H3. The van der Waals surface area contributed by atoms with Gasteiger partial charge in [0.1, 0.15) is 0 Å². The minimum Gasteiger partial charge on any atom is -0.392 e. The Kier molecular flexibility index (Phi) is 6.15. The number of hydrogen-bond acceptors (Lipinski definition) is 6. The summed E-state index contributed by atoms with van der Waals surface area (Å²) in [5, 5.41) is 10.7. The summed E-state index contributed by atoms with van der Waals surface area (Å²) in [6.45, 7) is 7.40. The van der Waals surface area contributed by atoms with Crippen molar-refractivity contribution in [1.82, 2.24) is 9.97 Å². The molecule has 6 nitrogen and oxygen atoms in total. The lowest BCUT2D eigenvalue weighted by Gasteiger charge is -2.34. The number of aromatic nitrogens is 2. The van der Waals surface area contributed by atoms with Crippen LogP contribution >= 0.6 is 0 Å². The van der Waals surface area contributed by atoms with Gasteiger partial charge in [-0.2, -0.15) is 0 Å². The Balaban J connectivity index is 1.58. The molecule has 1 saturated heterocycles. The zero-order valence-electron chi connectivity index (χ0n) is 16.4. The smallest absolute Gasteiger partial charge is 0.225 e. The van der Waals surface area contributed by atoms with Gasteiger partial charge in [0.15, 0.2) is 9.84 Å². The molecule has 1 unspecified atom stereocenters. The largest absolute Gasteiger partial charge is 0.392 e. The van der Waals surface area contributed by atoms with Crippen molar-refractivity contribution in [2.24, 2.45) is 5.92 Å². The Morgan fingerprint density at radius 3 is 2.50 bits per heavy atom. The first kappa shape index (κ1) is 20.5. The summed E-state index contributed by atoms with van der Waals surface area (Å²) in [5.74, 6) is 0.881. The summed E-state index contributed by atoms with van der Waals surface area (Å²) in [6, 6.07) is 6.84. The van der Waals surface area contributed by atoms with Crippen molar-refractivity contribution in [3.63, 3.8) is 0 Å². The fraction of sp³-hybridized carbons (Fsp3) is 0.429. The van der Waals surface area contributed by atoms with Crippen LogP contribution in [0.1, 0.15) is 30.9 Å². The van der Waals surface area contributed by atoms with Gasteiger partial charge in [0.25, 0.3) is 0 Å². The molecule has 2 heterocycles. The van der Waals surface area contributed by atoms with E-state index in [9.17, 15) is 13.5 Å². The third-order valence-electron chi connectivity index (χ3n) is 5.27. The molecule has 150 valence electrons. The summed E-state index contributed by atoms with van der Waals surface area (Å²) in [7, 11) is -3.24.